The van der Waals surface area contributed by atoms with Gasteiger partial charge in [-0.3, -0.25) is 4.79 Å². The molecule has 2 aromatic carbocycles. The van der Waals surface area contributed by atoms with E-state index in [9.17, 15) is 9.18 Å². The van der Waals surface area contributed by atoms with Crippen molar-refractivity contribution < 1.29 is 9.18 Å². The molecule has 1 atom stereocenters. The second-order valence-corrected chi connectivity index (χ2v) is 4.30. The van der Waals surface area contributed by atoms with Gasteiger partial charge in [0.2, 0.25) is 5.91 Å². The molecule has 98 valence electrons. The molecule has 1 unspecified atom stereocenters. The maximum Gasteiger partial charge on any atom is 0.240 e. The van der Waals surface area contributed by atoms with Crippen molar-refractivity contribution in [1.29, 1.82) is 0 Å². The van der Waals surface area contributed by atoms with Crippen molar-refractivity contribution in [3.05, 3.63) is 66.0 Å². The molecule has 0 aliphatic carbocycles. The van der Waals surface area contributed by atoms with Crippen LogP contribution in [-0.2, 0) is 11.2 Å². The van der Waals surface area contributed by atoms with Crippen LogP contribution in [-0.4, -0.2) is 11.9 Å². The number of hydrogen-bond donors (Lipinski definition) is 2. The molecule has 1 amide bonds. The van der Waals surface area contributed by atoms with Gasteiger partial charge in [0, 0.05) is 12.1 Å². The number of amides is 1. The molecule has 0 spiro atoms. The van der Waals surface area contributed by atoms with Crippen LogP contribution in [0.4, 0.5) is 10.1 Å². The van der Waals surface area contributed by atoms with Crippen molar-refractivity contribution in [2.45, 2.75) is 12.5 Å². The number of rotatable bonds is 5. The van der Waals surface area contributed by atoms with Crippen LogP contribution in [0.5, 0.6) is 0 Å². The minimum atomic E-state index is -0.520. The molecule has 0 bridgehead atoms. The monoisotopic (exact) mass is 258 g/mol. The highest BCUT2D eigenvalue weighted by Crippen LogP contribution is 2.12. The first-order chi connectivity index (χ1) is 9.15. The molecule has 19 heavy (non-hydrogen) atoms. The Morgan fingerprint density at radius 3 is 2.32 bits per heavy atom. The van der Waals surface area contributed by atoms with E-state index < -0.39 is 11.9 Å². The molecule has 0 saturated heterocycles. The second-order valence-electron chi connectivity index (χ2n) is 4.30. The van der Waals surface area contributed by atoms with Crippen LogP contribution in [0.15, 0.2) is 54.6 Å². The van der Waals surface area contributed by atoms with E-state index in [0.717, 1.165) is 5.56 Å². The molecule has 0 aliphatic heterocycles. The number of nitrogens with one attached hydrogen (secondary N) is 1. The predicted molar refractivity (Wildman–Crippen MR) is 73.2 cm³/mol. The van der Waals surface area contributed by atoms with Crippen LogP contribution in [0.1, 0.15) is 5.56 Å². The van der Waals surface area contributed by atoms with Crippen LogP contribution < -0.4 is 11.1 Å². The molecule has 3 nitrogen and oxygen atoms in total. The number of carbonyl (C=O) groups excluding carboxylic acids is 1. The SMILES string of the molecule is NC(=O)C(Cc1ccccc1)Nc1ccc(F)cc1. The average molecular weight is 258 g/mol. The summed E-state index contributed by atoms with van der Waals surface area (Å²) < 4.78 is 12.8. The Hall–Kier alpha value is -2.36. The van der Waals surface area contributed by atoms with Gasteiger partial charge >= 0.3 is 0 Å². The van der Waals surface area contributed by atoms with Gasteiger partial charge in [-0.1, -0.05) is 30.3 Å². The number of halogens is 1. The summed E-state index contributed by atoms with van der Waals surface area (Å²) in [7, 11) is 0. The van der Waals surface area contributed by atoms with Crippen molar-refractivity contribution in [3.8, 4) is 0 Å². The van der Waals surface area contributed by atoms with Crippen molar-refractivity contribution >= 4 is 11.6 Å². The van der Waals surface area contributed by atoms with E-state index in [2.05, 4.69) is 5.32 Å². The molecule has 4 heteroatoms. The fourth-order valence-corrected chi connectivity index (χ4v) is 1.82. The normalized spacial score (nSPS) is 11.8. The van der Waals surface area contributed by atoms with Gasteiger partial charge in [0.1, 0.15) is 11.9 Å². The molecule has 2 rings (SSSR count). The molecule has 0 fully saturated rings. The Kier molecular flexibility index (Phi) is 4.13. The Bertz CT molecular complexity index is 540. The Morgan fingerprint density at radius 2 is 1.74 bits per heavy atom. The van der Waals surface area contributed by atoms with E-state index in [0.29, 0.717) is 12.1 Å². The Labute approximate surface area is 111 Å². The molecule has 0 saturated carbocycles. The minimum absolute atomic E-state index is 0.316. The third kappa shape index (κ3) is 3.81. The zero-order valence-corrected chi connectivity index (χ0v) is 10.3. The number of nitrogens with two attached hydrogens (primary N) is 1. The molecule has 3 N–H and O–H groups in total. The van der Waals surface area contributed by atoms with Gasteiger partial charge in [-0.15, -0.1) is 0 Å². The first-order valence-electron chi connectivity index (χ1n) is 6.00. The van der Waals surface area contributed by atoms with Gasteiger partial charge in [-0.25, -0.2) is 4.39 Å². The minimum Gasteiger partial charge on any atom is -0.373 e. The summed E-state index contributed by atoms with van der Waals surface area (Å²) in [5.74, 6) is -0.752. The van der Waals surface area contributed by atoms with Crippen molar-refractivity contribution in [3.63, 3.8) is 0 Å². The summed E-state index contributed by atoms with van der Waals surface area (Å²) in [5.41, 5.74) is 7.07. The van der Waals surface area contributed by atoms with Gasteiger partial charge in [0.15, 0.2) is 0 Å². The Balaban J connectivity index is 2.08. The fraction of sp³-hybridized carbons (Fsp3) is 0.133. The fourth-order valence-electron chi connectivity index (χ4n) is 1.82. The van der Waals surface area contributed by atoms with Crippen LogP contribution in [0.2, 0.25) is 0 Å². The van der Waals surface area contributed by atoms with Crippen LogP contribution >= 0.6 is 0 Å². The van der Waals surface area contributed by atoms with E-state index in [-0.39, 0.29) is 5.82 Å². The summed E-state index contributed by atoms with van der Waals surface area (Å²) in [5, 5.41) is 3.01. The van der Waals surface area contributed by atoms with Crippen molar-refractivity contribution in [1.82, 2.24) is 0 Å². The van der Waals surface area contributed by atoms with Crippen molar-refractivity contribution in [2.24, 2.45) is 5.73 Å². The topological polar surface area (TPSA) is 55.1 Å². The summed E-state index contributed by atoms with van der Waals surface area (Å²) in [4.78, 5) is 11.5. The third-order valence-corrected chi connectivity index (χ3v) is 2.81. The number of benzene rings is 2. The predicted octanol–water partition coefficient (Wildman–Crippen LogP) is 2.33. The summed E-state index contributed by atoms with van der Waals surface area (Å²) in [6.45, 7) is 0. The molecule has 0 heterocycles. The average Bonchev–Trinajstić information content (AvgIpc) is 2.41. The largest absolute Gasteiger partial charge is 0.373 e. The highest BCUT2D eigenvalue weighted by atomic mass is 19.1. The zero-order valence-electron chi connectivity index (χ0n) is 10.3. The first kappa shape index (κ1) is 13.1. The highest BCUT2D eigenvalue weighted by molar-refractivity contribution is 5.83. The van der Waals surface area contributed by atoms with Gasteiger partial charge < -0.3 is 11.1 Å². The molecule has 2 aromatic rings. The summed E-state index contributed by atoms with van der Waals surface area (Å²) in [6.07, 6.45) is 0.494. The van der Waals surface area contributed by atoms with Crippen LogP contribution in [0.25, 0.3) is 0 Å². The third-order valence-electron chi connectivity index (χ3n) is 2.81. The summed E-state index contributed by atoms with van der Waals surface area (Å²) >= 11 is 0. The maximum atomic E-state index is 12.8. The van der Waals surface area contributed by atoms with E-state index in [1.165, 1.54) is 12.1 Å². The van der Waals surface area contributed by atoms with Crippen molar-refractivity contribution in [2.75, 3.05) is 5.32 Å². The van der Waals surface area contributed by atoms with Gasteiger partial charge in [-0.05, 0) is 29.8 Å². The summed E-state index contributed by atoms with van der Waals surface area (Å²) in [6, 6.07) is 14.9. The first-order valence-corrected chi connectivity index (χ1v) is 6.00. The zero-order chi connectivity index (χ0) is 13.7. The molecule has 0 aliphatic rings. The van der Waals surface area contributed by atoms with E-state index in [1.807, 2.05) is 30.3 Å². The molecular formula is C15H15FN2O. The number of hydrogen-bond acceptors (Lipinski definition) is 2. The maximum absolute atomic E-state index is 12.8. The number of carbonyl (C=O) groups is 1. The number of primary amides is 1. The standard InChI is InChI=1S/C15H15FN2O/c16-12-6-8-13(9-7-12)18-14(15(17)19)10-11-4-2-1-3-5-11/h1-9,14,18H,10H2,(H2,17,19). The van der Waals surface area contributed by atoms with E-state index in [1.54, 1.807) is 12.1 Å². The van der Waals surface area contributed by atoms with Gasteiger partial charge in [0.25, 0.3) is 0 Å². The lowest BCUT2D eigenvalue weighted by Crippen LogP contribution is -2.37. The second kappa shape index (κ2) is 6.00. The van der Waals surface area contributed by atoms with Crippen LogP contribution in [0, 0.1) is 5.82 Å². The lowest BCUT2D eigenvalue weighted by molar-refractivity contribution is -0.118. The molecular weight excluding hydrogens is 243 g/mol. The number of anilines is 1. The quantitative estimate of drug-likeness (QED) is 0.864. The van der Waals surface area contributed by atoms with Crippen LogP contribution in [0.3, 0.4) is 0 Å². The lowest BCUT2D eigenvalue weighted by Gasteiger charge is -2.16. The Morgan fingerprint density at radius 1 is 1.11 bits per heavy atom. The van der Waals surface area contributed by atoms with Gasteiger partial charge in [-0.2, -0.15) is 0 Å². The smallest absolute Gasteiger partial charge is 0.240 e. The lowest BCUT2D eigenvalue weighted by atomic mass is 10.1. The molecule has 0 aromatic heterocycles. The highest BCUT2D eigenvalue weighted by Gasteiger charge is 2.15. The molecule has 0 radical (unpaired) electrons. The van der Waals surface area contributed by atoms with Gasteiger partial charge in [0.05, 0.1) is 0 Å². The van der Waals surface area contributed by atoms with E-state index >= 15 is 0 Å². The van der Waals surface area contributed by atoms with E-state index in [4.69, 9.17) is 5.73 Å².